The van der Waals surface area contributed by atoms with Crippen LogP contribution in [0.2, 0.25) is 0 Å². The molecule has 0 bridgehead atoms. The molecule has 2 atom stereocenters. The van der Waals surface area contributed by atoms with Gasteiger partial charge in [-0.15, -0.1) is 0 Å². The molecule has 4 heteroatoms. The summed E-state index contributed by atoms with van der Waals surface area (Å²) in [7, 11) is -1.44. The third-order valence-electron chi connectivity index (χ3n) is 3.62. The zero-order valence-corrected chi connectivity index (χ0v) is 10.7. The molecule has 1 aliphatic carbocycles. The molecule has 0 unspecified atom stereocenters. The smallest absolute Gasteiger partial charge is 0.212 e. The molecule has 1 fully saturated rings. The Bertz CT molecular complexity index is 422. The minimum absolute atomic E-state index is 0.134. The second-order valence-corrected chi connectivity index (χ2v) is 6.83. The minimum Gasteiger partial charge on any atom is -0.212 e. The van der Waals surface area contributed by atoms with Crippen LogP contribution in [0.1, 0.15) is 32.6 Å². The van der Waals surface area contributed by atoms with Crippen LogP contribution in [0.4, 0.5) is 0 Å². The summed E-state index contributed by atoms with van der Waals surface area (Å²) in [5.74, 6) is 0. The van der Waals surface area contributed by atoms with E-state index in [-0.39, 0.29) is 11.3 Å². The summed E-state index contributed by atoms with van der Waals surface area (Å²) >= 11 is 0. The number of allylic oxidation sites excluding steroid dienone is 3. The maximum Gasteiger partial charge on any atom is 0.221 e. The Labute approximate surface area is 97.9 Å². The number of hydrogen-bond donors (Lipinski definition) is 0. The molecule has 2 rings (SSSR count). The number of hydrogen-bond acceptors (Lipinski definition) is 2. The van der Waals surface area contributed by atoms with Crippen LogP contribution in [0.3, 0.4) is 0 Å². The van der Waals surface area contributed by atoms with Gasteiger partial charge >= 0.3 is 0 Å². The summed E-state index contributed by atoms with van der Waals surface area (Å²) < 4.78 is 26.1. The van der Waals surface area contributed by atoms with Crippen molar-refractivity contribution in [2.45, 2.75) is 43.9 Å². The first-order valence-corrected chi connectivity index (χ1v) is 7.37. The van der Waals surface area contributed by atoms with Crippen molar-refractivity contribution in [3.8, 4) is 0 Å². The van der Waals surface area contributed by atoms with Crippen molar-refractivity contribution in [2.24, 2.45) is 0 Å². The molecule has 90 valence electrons. The lowest BCUT2D eigenvalue weighted by Crippen LogP contribution is -2.46. The molecule has 0 amide bonds. The molecule has 0 aromatic rings. The van der Waals surface area contributed by atoms with E-state index in [2.05, 4.69) is 12.2 Å². The fourth-order valence-corrected chi connectivity index (χ4v) is 4.35. The molecule has 16 heavy (non-hydrogen) atoms. The van der Waals surface area contributed by atoms with Gasteiger partial charge in [-0.2, -0.15) is 0 Å². The van der Waals surface area contributed by atoms with Gasteiger partial charge in [0.05, 0.1) is 0 Å². The Kier molecular flexibility index (Phi) is 3.22. The Morgan fingerprint density at radius 1 is 1.31 bits per heavy atom. The van der Waals surface area contributed by atoms with Gasteiger partial charge in [0.1, 0.15) is 5.25 Å². The molecule has 0 aromatic carbocycles. The fourth-order valence-electron chi connectivity index (χ4n) is 2.39. The summed E-state index contributed by atoms with van der Waals surface area (Å²) in [5, 5.41) is -0.315. The maximum atomic E-state index is 12.3. The van der Waals surface area contributed by atoms with Gasteiger partial charge in [-0.05, 0) is 38.2 Å². The normalized spacial score (nSPS) is 34.8. The van der Waals surface area contributed by atoms with E-state index in [9.17, 15) is 8.42 Å². The highest BCUT2D eigenvalue weighted by molar-refractivity contribution is 7.90. The Hall–Kier alpha value is -0.610. The van der Waals surface area contributed by atoms with E-state index in [1.165, 1.54) is 4.31 Å². The molecule has 3 nitrogen and oxygen atoms in total. The van der Waals surface area contributed by atoms with Crippen molar-refractivity contribution >= 4 is 10.0 Å². The van der Waals surface area contributed by atoms with Crippen molar-refractivity contribution in [3.05, 3.63) is 23.8 Å². The quantitative estimate of drug-likeness (QED) is 0.705. The average Bonchev–Trinajstić information content (AvgIpc) is 2.27. The number of rotatable bonds is 1. The Morgan fingerprint density at radius 3 is 2.69 bits per heavy atom. The largest absolute Gasteiger partial charge is 0.221 e. The highest BCUT2D eigenvalue weighted by Crippen LogP contribution is 2.31. The standard InChI is InChI=1S/C12H19NO2S/c1-10-8-9-12(16(14,15)13(10)2)11-6-4-3-5-7-11/h4,6-7,10,12H,3,5,8-9H2,1-2H3/t10-,12+/m0/s1. The maximum absolute atomic E-state index is 12.3. The first kappa shape index (κ1) is 11.9. The van der Waals surface area contributed by atoms with Gasteiger partial charge in [0.2, 0.25) is 10.0 Å². The van der Waals surface area contributed by atoms with Crippen molar-refractivity contribution in [3.63, 3.8) is 0 Å². The van der Waals surface area contributed by atoms with Gasteiger partial charge in [0, 0.05) is 13.1 Å². The third-order valence-corrected chi connectivity index (χ3v) is 6.01. The fraction of sp³-hybridized carbons (Fsp3) is 0.667. The third kappa shape index (κ3) is 1.96. The topological polar surface area (TPSA) is 37.4 Å². The highest BCUT2D eigenvalue weighted by atomic mass is 32.2. The SMILES string of the molecule is C[C@H]1CC[C@H](C2=CCCC=C2)S(=O)(=O)N1C. The van der Waals surface area contributed by atoms with E-state index in [0.29, 0.717) is 0 Å². The molecular weight excluding hydrogens is 222 g/mol. The van der Waals surface area contributed by atoms with Crippen LogP contribution in [0.15, 0.2) is 23.8 Å². The monoisotopic (exact) mass is 241 g/mol. The molecule has 1 heterocycles. The molecule has 0 spiro atoms. The lowest BCUT2D eigenvalue weighted by atomic mass is 9.99. The van der Waals surface area contributed by atoms with Crippen molar-refractivity contribution in [2.75, 3.05) is 7.05 Å². The van der Waals surface area contributed by atoms with E-state index >= 15 is 0 Å². The summed E-state index contributed by atoms with van der Waals surface area (Å²) in [6.07, 6.45) is 9.83. The molecule has 1 saturated heterocycles. The van der Waals surface area contributed by atoms with Gasteiger partial charge in [0.25, 0.3) is 0 Å². The molecule has 1 aliphatic heterocycles. The van der Waals surface area contributed by atoms with Gasteiger partial charge in [-0.3, -0.25) is 0 Å². The van der Waals surface area contributed by atoms with Gasteiger partial charge in [0.15, 0.2) is 0 Å². The van der Waals surface area contributed by atoms with Gasteiger partial charge < -0.3 is 0 Å². The second kappa shape index (κ2) is 4.34. The first-order chi connectivity index (χ1) is 7.53. The van der Waals surface area contributed by atoms with Gasteiger partial charge in [-0.25, -0.2) is 12.7 Å². The summed E-state index contributed by atoms with van der Waals surface area (Å²) in [5.41, 5.74) is 0.991. The van der Waals surface area contributed by atoms with Crippen LogP contribution >= 0.6 is 0 Å². The Balaban J connectivity index is 2.29. The molecule has 0 N–H and O–H groups in total. The summed E-state index contributed by atoms with van der Waals surface area (Å²) in [6, 6.07) is 0.134. The molecule has 2 aliphatic rings. The predicted octanol–water partition coefficient (Wildman–Crippen LogP) is 2.08. The zero-order valence-electron chi connectivity index (χ0n) is 9.89. The minimum atomic E-state index is -3.14. The zero-order chi connectivity index (χ0) is 11.8. The van der Waals surface area contributed by atoms with Crippen LogP contribution in [-0.2, 0) is 10.0 Å². The first-order valence-electron chi connectivity index (χ1n) is 5.87. The van der Waals surface area contributed by atoms with E-state index in [1.807, 2.05) is 13.0 Å². The number of nitrogens with zero attached hydrogens (tertiary/aromatic N) is 1. The van der Waals surface area contributed by atoms with E-state index in [4.69, 9.17) is 0 Å². The van der Waals surface area contributed by atoms with Crippen LogP contribution in [0.25, 0.3) is 0 Å². The average molecular weight is 241 g/mol. The van der Waals surface area contributed by atoms with Crippen molar-refractivity contribution in [1.29, 1.82) is 0 Å². The van der Waals surface area contributed by atoms with Crippen LogP contribution in [-0.4, -0.2) is 31.1 Å². The van der Waals surface area contributed by atoms with Crippen LogP contribution < -0.4 is 0 Å². The van der Waals surface area contributed by atoms with Crippen molar-refractivity contribution in [1.82, 2.24) is 4.31 Å². The lowest BCUT2D eigenvalue weighted by Gasteiger charge is -2.35. The van der Waals surface area contributed by atoms with Crippen LogP contribution in [0.5, 0.6) is 0 Å². The lowest BCUT2D eigenvalue weighted by molar-refractivity contribution is 0.335. The summed E-state index contributed by atoms with van der Waals surface area (Å²) in [6.45, 7) is 1.97. The van der Waals surface area contributed by atoms with Crippen LogP contribution in [0, 0.1) is 0 Å². The van der Waals surface area contributed by atoms with Gasteiger partial charge in [-0.1, -0.05) is 18.2 Å². The second-order valence-electron chi connectivity index (χ2n) is 4.66. The molecule has 0 aromatic heterocycles. The highest BCUT2D eigenvalue weighted by Gasteiger charge is 2.38. The van der Waals surface area contributed by atoms with Crippen molar-refractivity contribution < 1.29 is 8.42 Å². The molecule has 0 radical (unpaired) electrons. The summed E-state index contributed by atoms with van der Waals surface area (Å²) in [4.78, 5) is 0. The number of sulfonamides is 1. The van der Waals surface area contributed by atoms with E-state index < -0.39 is 10.0 Å². The van der Waals surface area contributed by atoms with E-state index in [0.717, 1.165) is 31.3 Å². The molecule has 0 saturated carbocycles. The predicted molar refractivity (Wildman–Crippen MR) is 65.6 cm³/mol. The van der Waals surface area contributed by atoms with E-state index in [1.54, 1.807) is 7.05 Å². The Morgan fingerprint density at radius 2 is 2.06 bits per heavy atom. The molecular formula is C12H19NO2S.